The summed E-state index contributed by atoms with van der Waals surface area (Å²) >= 11 is 0. The molecule has 0 aromatic rings. The van der Waals surface area contributed by atoms with Crippen LogP contribution < -0.4 is 0 Å². The summed E-state index contributed by atoms with van der Waals surface area (Å²) in [6, 6.07) is 0. The Kier molecular flexibility index (Phi) is 46.9. The van der Waals surface area contributed by atoms with E-state index in [4.69, 9.17) is 14.2 Å². The molecule has 61 heavy (non-hydrogen) atoms. The molecule has 0 radical (unpaired) electrons. The zero-order chi connectivity index (χ0) is 44.4. The summed E-state index contributed by atoms with van der Waals surface area (Å²) in [5.41, 5.74) is 0. The number of hydrogen-bond acceptors (Lipinski definition) is 6. The van der Waals surface area contributed by atoms with Gasteiger partial charge in [0.25, 0.3) is 0 Å². The van der Waals surface area contributed by atoms with E-state index < -0.39 is 6.10 Å². The molecule has 0 bridgehead atoms. The lowest BCUT2D eigenvalue weighted by atomic mass is 10.1. The average Bonchev–Trinajstić information content (AvgIpc) is 3.26. The van der Waals surface area contributed by atoms with Crippen LogP contribution >= 0.6 is 0 Å². The number of ether oxygens (including phenoxy) is 3. The van der Waals surface area contributed by atoms with Crippen LogP contribution in [0.3, 0.4) is 0 Å². The fourth-order valence-electron chi connectivity index (χ4n) is 6.90. The van der Waals surface area contributed by atoms with Crippen molar-refractivity contribution in [2.45, 2.75) is 245 Å². The Labute approximate surface area is 376 Å². The maximum atomic E-state index is 12.8. The third-order valence-electron chi connectivity index (χ3n) is 10.8. The van der Waals surface area contributed by atoms with Gasteiger partial charge in [-0.3, -0.25) is 14.4 Å². The molecular formula is C55H94O6. The van der Waals surface area contributed by atoms with E-state index in [1.807, 2.05) is 18.2 Å². The summed E-state index contributed by atoms with van der Waals surface area (Å²) in [6.07, 6.45) is 61.7. The molecule has 0 aliphatic heterocycles. The molecule has 6 heteroatoms. The maximum absolute atomic E-state index is 12.8. The molecule has 6 nitrogen and oxygen atoms in total. The summed E-state index contributed by atoms with van der Waals surface area (Å²) < 4.78 is 16.7. The Morgan fingerprint density at radius 3 is 1.10 bits per heavy atom. The molecule has 0 fully saturated rings. The Balaban J connectivity index is 4.39. The highest BCUT2D eigenvalue weighted by Crippen LogP contribution is 2.14. The second-order valence-electron chi connectivity index (χ2n) is 16.8. The molecule has 0 saturated heterocycles. The molecule has 350 valence electrons. The Morgan fingerprint density at radius 2 is 0.672 bits per heavy atom. The van der Waals surface area contributed by atoms with Crippen molar-refractivity contribution in [1.82, 2.24) is 0 Å². The van der Waals surface area contributed by atoms with Gasteiger partial charge in [0.05, 0.1) is 0 Å². The molecule has 0 rings (SSSR count). The van der Waals surface area contributed by atoms with Gasteiger partial charge >= 0.3 is 17.9 Å². The van der Waals surface area contributed by atoms with Crippen molar-refractivity contribution in [3.63, 3.8) is 0 Å². The number of rotatable bonds is 45. The zero-order valence-electron chi connectivity index (χ0n) is 39.9. The SMILES string of the molecule is CC\C=C/C=C\C=C/C=C\CCCCCCCC(=O)OC(COC(=O)CCCCCC/C=C\CCCC)COC(=O)CCCCCCC/C=C\CCCCCCCCCCC. The number of hydrogen-bond donors (Lipinski definition) is 0. The minimum Gasteiger partial charge on any atom is -0.462 e. The third kappa shape index (κ3) is 47.7. The van der Waals surface area contributed by atoms with Crippen LogP contribution in [0.15, 0.2) is 72.9 Å². The largest absolute Gasteiger partial charge is 0.462 e. The van der Waals surface area contributed by atoms with Gasteiger partial charge in [0.2, 0.25) is 0 Å². The van der Waals surface area contributed by atoms with Crippen LogP contribution in [-0.2, 0) is 28.6 Å². The molecule has 0 heterocycles. The molecule has 0 aliphatic carbocycles. The molecule has 0 saturated carbocycles. The van der Waals surface area contributed by atoms with Crippen molar-refractivity contribution in [3.8, 4) is 0 Å². The fourth-order valence-corrected chi connectivity index (χ4v) is 6.90. The van der Waals surface area contributed by atoms with Crippen LogP contribution in [0.2, 0.25) is 0 Å². The van der Waals surface area contributed by atoms with Crippen LogP contribution in [0.4, 0.5) is 0 Å². The van der Waals surface area contributed by atoms with Gasteiger partial charge in [-0.05, 0) is 83.5 Å². The van der Waals surface area contributed by atoms with E-state index in [1.54, 1.807) is 0 Å². The van der Waals surface area contributed by atoms with E-state index in [1.165, 1.54) is 89.9 Å². The zero-order valence-corrected chi connectivity index (χ0v) is 39.9. The van der Waals surface area contributed by atoms with Gasteiger partial charge in [-0.25, -0.2) is 0 Å². The summed E-state index contributed by atoms with van der Waals surface area (Å²) in [6.45, 7) is 6.42. The molecule has 0 aliphatic rings. The first-order chi connectivity index (χ1) is 30.0. The standard InChI is InChI=1S/C55H94O6/c1-4-7-10-13-16-19-22-24-26-27-28-30-31-33-36-39-42-45-48-54(57)60-51-52(50-59-53(56)47-44-41-38-35-21-18-15-12-9-6-3)61-55(58)49-46-43-40-37-34-32-29-25-23-20-17-14-11-8-5-2/h8,11,14-15,17-18,20,23,25,28-30,52H,4-7,9-10,12-13,16,19,21-22,24,26-27,31-51H2,1-3H3/b11-8-,17-14-,18-15-,23-20-,29-25-,30-28-. The molecule has 0 aromatic heterocycles. The number of unbranched alkanes of at least 4 members (excludes halogenated alkanes) is 25. The van der Waals surface area contributed by atoms with E-state index >= 15 is 0 Å². The van der Waals surface area contributed by atoms with Gasteiger partial charge in [0.15, 0.2) is 6.10 Å². The van der Waals surface area contributed by atoms with E-state index in [0.29, 0.717) is 19.3 Å². The fraction of sp³-hybridized carbons (Fsp3) is 0.727. The van der Waals surface area contributed by atoms with Crippen molar-refractivity contribution >= 4 is 17.9 Å². The van der Waals surface area contributed by atoms with E-state index in [0.717, 1.165) is 109 Å². The van der Waals surface area contributed by atoms with E-state index in [2.05, 4.69) is 75.5 Å². The predicted octanol–water partition coefficient (Wildman–Crippen LogP) is 16.6. The number of esters is 3. The normalized spacial score (nSPS) is 12.6. The van der Waals surface area contributed by atoms with Gasteiger partial charge in [-0.2, -0.15) is 0 Å². The van der Waals surface area contributed by atoms with Crippen molar-refractivity contribution in [2.75, 3.05) is 13.2 Å². The highest BCUT2D eigenvalue weighted by molar-refractivity contribution is 5.71. The van der Waals surface area contributed by atoms with Crippen LogP contribution in [-0.4, -0.2) is 37.2 Å². The number of carbonyl (C=O) groups is 3. The molecular weight excluding hydrogens is 757 g/mol. The monoisotopic (exact) mass is 851 g/mol. The van der Waals surface area contributed by atoms with Crippen molar-refractivity contribution < 1.29 is 28.6 Å². The van der Waals surface area contributed by atoms with Crippen molar-refractivity contribution in [1.29, 1.82) is 0 Å². The van der Waals surface area contributed by atoms with Crippen LogP contribution in [0, 0.1) is 0 Å². The summed E-state index contributed by atoms with van der Waals surface area (Å²) in [5, 5.41) is 0. The highest BCUT2D eigenvalue weighted by atomic mass is 16.6. The first-order valence-corrected chi connectivity index (χ1v) is 25.5. The van der Waals surface area contributed by atoms with Gasteiger partial charge < -0.3 is 14.2 Å². The smallest absolute Gasteiger partial charge is 0.306 e. The Bertz CT molecular complexity index is 1160. The van der Waals surface area contributed by atoms with Crippen molar-refractivity contribution in [3.05, 3.63) is 72.9 Å². The molecule has 0 amide bonds. The van der Waals surface area contributed by atoms with Crippen molar-refractivity contribution in [2.24, 2.45) is 0 Å². The van der Waals surface area contributed by atoms with E-state index in [-0.39, 0.29) is 31.1 Å². The average molecular weight is 851 g/mol. The first-order valence-electron chi connectivity index (χ1n) is 25.5. The summed E-state index contributed by atoms with van der Waals surface area (Å²) in [4.78, 5) is 37.9. The highest BCUT2D eigenvalue weighted by Gasteiger charge is 2.19. The Morgan fingerprint density at radius 1 is 0.344 bits per heavy atom. The van der Waals surface area contributed by atoms with E-state index in [9.17, 15) is 14.4 Å². The first kappa shape index (κ1) is 57.9. The molecule has 0 aromatic carbocycles. The van der Waals surface area contributed by atoms with Crippen LogP contribution in [0.1, 0.15) is 239 Å². The second-order valence-corrected chi connectivity index (χ2v) is 16.8. The predicted molar refractivity (Wildman–Crippen MR) is 261 cm³/mol. The lowest BCUT2D eigenvalue weighted by Crippen LogP contribution is -2.30. The summed E-state index contributed by atoms with van der Waals surface area (Å²) in [7, 11) is 0. The van der Waals surface area contributed by atoms with Crippen LogP contribution in [0.5, 0.6) is 0 Å². The molecule has 0 N–H and O–H groups in total. The third-order valence-corrected chi connectivity index (χ3v) is 10.8. The second kappa shape index (κ2) is 49.5. The Hall–Kier alpha value is -3.15. The van der Waals surface area contributed by atoms with Crippen LogP contribution in [0.25, 0.3) is 0 Å². The maximum Gasteiger partial charge on any atom is 0.306 e. The van der Waals surface area contributed by atoms with Gasteiger partial charge in [0.1, 0.15) is 13.2 Å². The minimum absolute atomic E-state index is 0.0933. The minimum atomic E-state index is -0.794. The van der Waals surface area contributed by atoms with Gasteiger partial charge in [0, 0.05) is 19.3 Å². The summed E-state index contributed by atoms with van der Waals surface area (Å²) in [5.74, 6) is -0.939. The van der Waals surface area contributed by atoms with Gasteiger partial charge in [-0.15, -0.1) is 0 Å². The number of allylic oxidation sites excluding steroid dienone is 12. The quantitative estimate of drug-likeness (QED) is 0.0200. The number of carbonyl (C=O) groups excluding carboxylic acids is 3. The topological polar surface area (TPSA) is 78.9 Å². The molecule has 1 unspecified atom stereocenters. The van der Waals surface area contributed by atoms with Gasteiger partial charge in [-0.1, -0.05) is 209 Å². The lowest BCUT2D eigenvalue weighted by Gasteiger charge is -2.18. The lowest BCUT2D eigenvalue weighted by molar-refractivity contribution is -0.167. The molecule has 0 spiro atoms. The molecule has 1 atom stereocenters.